The minimum absolute atomic E-state index is 0.155. The zero-order valence-corrected chi connectivity index (χ0v) is 8.76. The summed E-state index contributed by atoms with van der Waals surface area (Å²) in [5.41, 5.74) is 0. The molecule has 1 heterocycles. The van der Waals surface area contributed by atoms with Crippen LogP contribution in [0.15, 0.2) is 24.3 Å². The number of hydrogen-bond donors (Lipinski definition) is 1. The highest BCUT2D eigenvalue weighted by molar-refractivity contribution is 6.30. The molecule has 1 aliphatic rings. The fourth-order valence-electron chi connectivity index (χ4n) is 1.63. The lowest BCUT2D eigenvalue weighted by molar-refractivity contribution is 0.132. The Balaban J connectivity index is 1.95. The van der Waals surface area contributed by atoms with Crippen molar-refractivity contribution in [2.24, 2.45) is 0 Å². The first-order valence-corrected chi connectivity index (χ1v) is 5.38. The zero-order valence-electron chi connectivity index (χ0n) is 8.00. The molecular weight excluding hydrogens is 198 g/mol. The molecule has 1 atom stereocenters. The summed E-state index contributed by atoms with van der Waals surface area (Å²) in [4.78, 5) is 0. The third-order valence-corrected chi connectivity index (χ3v) is 2.57. The number of hydrogen-bond acceptors (Lipinski definition) is 2. The van der Waals surface area contributed by atoms with E-state index >= 15 is 0 Å². The van der Waals surface area contributed by atoms with E-state index in [1.54, 1.807) is 0 Å². The molecule has 1 saturated heterocycles. The SMILES string of the molecule is Clc1cccc(O[C@@H]2CCCCN2)c1. The van der Waals surface area contributed by atoms with Crippen LogP contribution in [0.25, 0.3) is 0 Å². The normalized spacial score (nSPS) is 21.9. The quantitative estimate of drug-likeness (QED) is 0.813. The Morgan fingerprint density at radius 3 is 3.00 bits per heavy atom. The van der Waals surface area contributed by atoms with Crippen LogP contribution in [0.1, 0.15) is 19.3 Å². The van der Waals surface area contributed by atoms with Gasteiger partial charge in [-0.15, -0.1) is 0 Å². The standard InChI is InChI=1S/C11H14ClNO/c12-9-4-3-5-10(8-9)14-11-6-1-2-7-13-11/h3-5,8,11,13H,1-2,6-7H2/t11-/m1/s1. The Labute approximate surface area is 89.2 Å². The van der Waals surface area contributed by atoms with Gasteiger partial charge in [-0.1, -0.05) is 17.7 Å². The van der Waals surface area contributed by atoms with Crippen LogP contribution in [0.4, 0.5) is 0 Å². The Kier molecular flexibility index (Phi) is 3.27. The van der Waals surface area contributed by atoms with Gasteiger partial charge in [0.1, 0.15) is 12.0 Å². The maximum absolute atomic E-state index is 5.86. The van der Waals surface area contributed by atoms with Gasteiger partial charge >= 0.3 is 0 Å². The Morgan fingerprint density at radius 1 is 1.36 bits per heavy atom. The molecule has 0 unspecified atom stereocenters. The van der Waals surface area contributed by atoms with Gasteiger partial charge < -0.3 is 4.74 Å². The van der Waals surface area contributed by atoms with Crippen LogP contribution >= 0.6 is 11.6 Å². The van der Waals surface area contributed by atoms with Crippen molar-refractivity contribution in [3.63, 3.8) is 0 Å². The number of rotatable bonds is 2. The van der Waals surface area contributed by atoms with Gasteiger partial charge in [0.15, 0.2) is 0 Å². The van der Waals surface area contributed by atoms with Gasteiger partial charge in [0.2, 0.25) is 0 Å². The van der Waals surface area contributed by atoms with Gasteiger partial charge in [0, 0.05) is 5.02 Å². The van der Waals surface area contributed by atoms with Crippen molar-refractivity contribution in [2.45, 2.75) is 25.5 Å². The van der Waals surface area contributed by atoms with Crippen molar-refractivity contribution < 1.29 is 4.74 Å². The predicted molar refractivity (Wildman–Crippen MR) is 57.7 cm³/mol. The summed E-state index contributed by atoms with van der Waals surface area (Å²) in [6.45, 7) is 1.05. The molecule has 1 fully saturated rings. The average Bonchev–Trinajstić information content (AvgIpc) is 2.19. The first kappa shape index (κ1) is 9.81. The van der Waals surface area contributed by atoms with Crippen LogP contribution in [-0.4, -0.2) is 12.8 Å². The number of ether oxygens (including phenoxy) is 1. The first-order chi connectivity index (χ1) is 6.84. The molecule has 3 heteroatoms. The highest BCUT2D eigenvalue weighted by atomic mass is 35.5. The van der Waals surface area contributed by atoms with E-state index in [0.717, 1.165) is 23.7 Å². The second-order valence-electron chi connectivity index (χ2n) is 3.51. The Bertz CT molecular complexity index is 297. The number of halogens is 1. The van der Waals surface area contributed by atoms with Crippen molar-refractivity contribution >= 4 is 11.6 Å². The Morgan fingerprint density at radius 2 is 2.29 bits per heavy atom. The summed E-state index contributed by atoms with van der Waals surface area (Å²) in [5.74, 6) is 0.844. The van der Waals surface area contributed by atoms with Crippen molar-refractivity contribution in [2.75, 3.05) is 6.54 Å². The lowest BCUT2D eigenvalue weighted by Crippen LogP contribution is -2.38. The molecule has 0 radical (unpaired) electrons. The van der Waals surface area contributed by atoms with Crippen LogP contribution in [0.3, 0.4) is 0 Å². The van der Waals surface area contributed by atoms with Gasteiger partial charge in [0.05, 0.1) is 0 Å². The first-order valence-electron chi connectivity index (χ1n) is 5.00. The molecule has 1 aromatic carbocycles. The molecule has 1 aliphatic heterocycles. The van der Waals surface area contributed by atoms with E-state index in [2.05, 4.69) is 5.32 Å². The van der Waals surface area contributed by atoms with Crippen molar-refractivity contribution in [1.29, 1.82) is 0 Å². The summed E-state index contributed by atoms with van der Waals surface area (Å²) in [5, 5.41) is 4.04. The monoisotopic (exact) mass is 211 g/mol. The van der Waals surface area contributed by atoms with Crippen LogP contribution in [0.5, 0.6) is 5.75 Å². The molecule has 0 amide bonds. The van der Waals surface area contributed by atoms with E-state index in [-0.39, 0.29) is 6.23 Å². The number of piperidine rings is 1. The molecule has 0 saturated carbocycles. The van der Waals surface area contributed by atoms with E-state index in [4.69, 9.17) is 16.3 Å². The second-order valence-corrected chi connectivity index (χ2v) is 3.95. The van der Waals surface area contributed by atoms with E-state index in [1.807, 2.05) is 24.3 Å². The third-order valence-electron chi connectivity index (χ3n) is 2.34. The van der Waals surface area contributed by atoms with E-state index in [9.17, 15) is 0 Å². The van der Waals surface area contributed by atoms with Crippen molar-refractivity contribution in [1.82, 2.24) is 5.32 Å². The lowest BCUT2D eigenvalue weighted by Gasteiger charge is -2.24. The maximum Gasteiger partial charge on any atom is 0.150 e. The molecule has 0 spiro atoms. The third kappa shape index (κ3) is 2.63. The van der Waals surface area contributed by atoms with Gasteiger partial charge in [0.25, 0.3) is 0 Å². The molecular formula is C11H14ClNO. The molecule has 76 valence electrons. The lowest BCUT2D eigenvalue weighted by atomic mass is 10.1. The second kappa shape index (κ2) is 4.67. The smallest absolute Gasteiger partial charge is 0.150 e. The fraction of sp³-hybridized carbons (Fsp3) is 0.455. The molecule has 1 aromatic rings. The largest absolute Gasteiger partial charge is 0.475 e. The van der Waals surface area contributed by atoms with Crippen LogP contribution in [-0.2, 0) is 0 Å². The molecule has 2 rings (SSSR count). The minimum atomic E-state index is 0.155. The van der Waals surface area contributed by atoms with Gasteiger partial charge in [-0.25, -0.2) is 0 Å². The van der Waals surface area contributed by atoms with Crippen molar-refractivity contribution in [3.05, 3.63) is 29.3 Å². The average molecular weight is 212 g/mol. The highest BCUT2D eigenvalue weighted by Gasteiger charge is 2.13. The van der Waals surface area contributed by atoms with Gasteiger partial charge in [-0.05, 0) is 44.0 Å². The van der Waals surface area contributed by atoms with Crippen LogP contribution in [0, 0.1) is 0 Å². The summed E-state index contributed by atoms with van der Waals surface area (Å²) >= 11 is 5.86. The van der Waals surface area contributed by atoms with Gasteiger partial charge in [-0.3, -0.25) is 5.32 Å². The van der Waals surface area contributed by atoms with E-state index in [1.165, 1.54) is 12.8 Å². The summed E-state index contributed by atoms with van der Waals surface area (Å²) in [7, 11) is 0. The molecule has 0 bridgehead atoms. The Hall–Kier alpha value is -0.730. The molecule has 2 nitrogen and oxygen atoms in total. The van der Waals surface area contributed by atoms with E-state index < -0.39 is 0 Å². The summed E-state index contributed by atoms with van der Waals surface area (Å²) in [6.07, 6.45) is 3.71. The molecule has 14 heavy (non-hydrogen) atoms. The highest BCUT2D eigenvalue weighted by Crippen LogP contribution is 2.19. The topological polar surface area (TPSA) is 21.3 Å². The summed E-state index contributed by atoms with van der Waals surface area (Å²) in [6, 6.07) is 7.53. The zero-order chi connectivity index (χ0) is 9.80. The predicted octanol–water partition coefficient (Wildman–Crippen LogP) is 2.82. The molecule has 0 aromatic heterocycles. The fourth-order valence-corrected chi connectivity index (χ4v) is 1.81. The summed E-state index contributed by atoms with van der Waals surface area (Å²) < 4.78 is 5.74. The number of nitrogens with one attached hydrogen (secondary N) is 1. The minimum Gasteiger partial charge on any atom is -0.475 e. The van der Waals surface area contributed by atoms with E-state index in [0.29, 0.717) is 0 Å². The molecule has 0 aliphatic carbocycles. The van der Waals surface area contributed by atoms with Gasteiger partial charge in [-0.2, -0.15) is 0 Å². The van der Waals surface area contributed by atoms with Crippen LogP contribution in [0.2, 0.25) is 5.02 Å². The number of benzene rings is 1. The van der Waals surface area contributed by atoms with Crippen LogP contribution < -0.4 is 10.1 Å². The molecule has 1 N–H and O–H groups in total. The van der Waals surface area contributed by atoms with Crippen molar-refractivity contribution in [3.8, 4) is 5.75 Å². The maximum atomic E-state index is 5.86.